The summed E-state index contributed by atoms with van der Waals surface area (Å²) in [5.74, 6) is -0.578. The van der Waals surface area contributed by atoms with Crippen molar-refractivity contribution in [2.45, 2.75) is 19.9 Å². The van der Waals surface area contributed by atoms with Gasteiger partial charge in [0.1, 0.15) is 0 Å². The highest BCUT2D eigenvalue weighted by molar-refractivity contribution is 14.1. The lowest BCUT2D eigenvalue weighted by molar-refractivity contribution is -0.116. The number of oxazole rings is 1. The lowest BCUT2D eigenvalue weighted by Crippen LogP contribution is -2.19. The number of carbonyl (C=O) groups excluding carboxylic acids is 1. The van der Waals surface area contributed by atoms with Crippen LogP contribution in [0.1, 0.15) is 12.0 Å². The van der Waals surface area contributed by atoms with Crippen LogP contribution in [0.5, 0.6) is 0 Å². The van der Waals surface area contributed by atoms with Gasteiger partial charge in [-0.25, -0.2) is 4.79 Å². The molecule has 6 heteroatoms. The van der Waals surface area contributed by atoms with Crippen molar-refractivity contribution in [1.82, 2.24) is 4.57 Å². The topological polar surface area (TPSA) is 64.2 Å². The molecule has 0 aliphatic carbocycles. The van der Waals surface area contributed by atoms with Crippen LogP contribution >= 0.6 is 22.6 Å². The molecule has 0 spiro atoms. The minimum atomic E-state index is -0.441. The zero-order valence-corrected chi connectivity index (χ0v) is 14.7. The van der Waals surface area contributed by atoms with Gasteiger partial charge < -0.3 is 9.73 Å². The van der Waals surface area contributed by atoms with Gasteiger partial charge in [-0.05, 0) is 59.3 Å². The summed E-state index contributed by atoms with van der Waals surface area (Å²) in [4.78, 5) is 23.9. The third kappa shape index (κ3) is 3.47. The van der Waals surface area contributed by atoms with Gasteiger partial charge in [0.15, 0.2) is 5.58 Å². The molecule has 23 heavy (non-hydrogen) atoms. The number of carbonyl (C=O) groups is 1. The van der Waals surface area contributed by atoms with Crippen LogP contribution in [0.3, 0.4) is 0 Å². The van der Waals surface area contributed by atoms with Gasteiger partial charge in [-0.3, -0.25) is 9.36 Å². The molecule has 1 heterocycles. The number of hydrogen-bond donors (Lipinski definition) is 1. The predicted molar refractivity (Wildman–Crippen MR) is 97.6 cm³/mol. The van der Waals surface area contributed by atoms with Crippen molar-refractivity contribution in [3.8, 4) is 0 Å². The van der Waals surface area contributed by atoms with E-state index in [4.69, 9.17) is 4.42 Å². The molecule has 0 saturated heterocycles. The number of aryl methyl sites for hydroxylation is 2. The number of aromatic nitrogens is 1. The Balaban J connectivity index is 1.70. The highest BCUT2D eigenvalue weighted by Crippen LogP contribution is 2.17. The van der Waals surface area contributed by atoms with Crippen LogP contribution < -0.4 is 11.1 Å². The molecular weight excluding hydrogens is 407 g/mol. The molecule has 0 atom stereocenters. The van der Waals surface area contributed by atoms with Gasteiger partial charge in [-0.15, -0.1) is 0 Å². The molecule has 0 bridgehead atoms. The molecule has 1 N–H and O–H groups in total. The second kappa shape index (κ2) is 6.57. The van der Waals surface area contributed by atoms with E-state index in [0.29, 0.717) is 11.1 Å². The smallest absolute Gasteiger partial charge is 0.408 e. The number of para-hydroxylation sites is 2. The van der Waals surface area contributed by atoms with E-state index >= 15 is 0 Å². The fraction of sp³-hybridized carbons (Fsp3) is 0.176. The van der Waals surface area contributed by atoms with Gasteiger partial charge in [-0.1, -0.05) is 18.2 Å². The maximum atomic E-state index is 12.1. The Morgan fingerprint density at radius 3 is 2.83 bits per heavy atom. The number of hydrogen-bond acceptors (Lipinski definition) is 3. The Morgan fingerprint density at radius 2 is 2.04 bits per heavy atom. The minimum absolute atomic E-state index is 0.137. The monoisotopic (exact) mass is 422 g/mol. The van der Waals surface area contributed by atoms with E-state index in [1.165, 1.54) is 10.1 Å². The number of rotatable bonds is 4. The molecule has 1 amide bonds. The van der Waals surface area contributed by atoms with Crippen molar-refractivity contribution >= 4 is 45.3 Å². The minimum Gasteiger partial charge on any atom is -0.408 e. The van der Waals surface area contributed by atoms with Gasteiger partial charge >= 0.3 is 5.76 Å². The van der Waals surface area contributed by atoms with Crippen LogP contribution in [0.25, 0.3) is 11.1 Å². The number of fused-ring (bicyclic) bond motifs is 1. The Morgan fingerprint density at radius 1 is 1.26 bits per heavy atom. The first kappa shape index (κ1) is 15.8. The van der Waals surface area contributed by atoms with Crippen molar-refractivity contribution < 1.29 is 9.21 Å². The number of nitrogens with zero attached hydrogens (tertiary/aromatic N) is 1. The first-order chi connectivity index (χ1) is 11.0. The molecule has 0 fully saturated rings. The summed E-state index contributed by atoms with van der Waals surface area (Å²) >= 11 is 2.23. The summed E-state index contributed by atoms with van der Waals surface area (Å²) < 4.78 is 7.73. The summed E-state index contributed by atoms with van der Waals surface area (Å²) in [7, 11) is 0. The Labute approximate surface area is 146 Å². The standard InChI is InChI=1S/C17H15IN2O3/c1-11-6-7-12(10-13(11)18)19-16(21)8-9-20-14-4-2-3-5-15(14)23-17(20)22/h2-7,10H,8-9H2,1H3,(H,19,21). The van der Waals surface area contributed by atoms with Crippen LogP contribution in [0.4, 0.5) is 5.69 Å². The molecule has 3 aromatic rings. The van der Waals surface area contributed by atoms with Gasteiger partial charge in [0.2, 0.25) is 5.91 Å². The first-order valence-corrected chi connectivity index (χ1v) is 8.27. The zero-order chi connectivity index (χ0) is 16.4. The fourth-order valence-electron chi connectivity index (χ4n) is 2.33. The van der Waals surface area contributed by atoms with Gasteiger partial charge in [0, 0.05) is 22.2 Å². The summed E-state index contributed by atoms with van der Waals surface area (Å²) in [5, 5.41) is 2.85. The molecule has 118 valence electrons. The fourth-order valence-corrected chi connectivity index (χ4v) is 2.85. The van der Waals surface area contributed by atoms with Crippen LogP contribution in [0.15, 0.2) is 51.7 Å². The quantitative estimate of drug-likeness (QED) is 0.655. The van der Waals surface area contributed by atoms with Gasteiger partial charge in [0.25, 0.3) is 0 Å². The van der Waals surface area contributed by atoms with E-state index in [0.717, 1.165) is 9.26 Å². The van der Waals surface area contributed by atoms with Crippen molar-refractivity contribution in [2.24, 2.45) is 0 Å². The summed E-state index contributed by atoms with van der Waals surface area (Å²) in [5.41, 5.74) is 3.16. The maximum Gasteiger partial charge on any atom is 0.419 e. The zero-order valence-electron chi connectivity index (χ0n) is 12.5. The van der Waals surface area contributed by atoms with E-state index in [-0.39, 0.29) is 18.9 Å². The van der Waals surface area contributed by atoms with Crippen molar-refractivity contribution in [3.63, 3.8) is 0 Å². The number of anilines is 1. The molecule has 0 unspecified atom stereocenters. The molecule has 2 aromatic carbocycles. The van der Waals surface area contributed by atoms with Crippen LogP contribution in [-0.2, 0) is 11.3 Å². The second-order valence-electron chi connectivity index (χ2n) is 5.25. The molecule has 5 nitrogen and oxygen atoms in total. The second-order valence-corrected chi connectivity index (χ2v) is 6.41. The normalized spacial score (nSPS) is 10.9. The lowest BCUT2D eigenvalue weighted by atomic mass is 10.2. The SMILES string of the molecule is Cc1ccc(NC(=O)CCn2c(=O)oc3ccccc32)cc1I. The molecule has 3 rings (SSSR count). The predicted octanol–water partition coefficient (Wildman–Crippen LogP) is 3.54. The van der Waals surface area contributed by atoms with Crippen LogP contribution in [-0.4, -0.2) is 10.5 Å². The van der Waals surface area contributed by atoms with E-state index in [9.17, 15) is 9.59 Å². The third-order valence-electron chi connectivity index (χ3n) is 3.59. The van der Waals surface area contributed by atoms with Crippen molar-refractivity contribution in [3.05, 3.63) is 62.1 Å². The number of halogens is 1. The molecule has 0 radical (unpaired) electrons. The van der Waals surface area contributed by atoms with Crippen molar-refractivity contribution in [1.29, 1.82) is 0 Å². The molecule has 1 aromatic heterocycles. The Kier molecular flexibility index (Phi) is 4.51. The summed E-state index contributed by atoms with van der Waals surface area (Å²) in [6, 6.07) is 12.9. The first-order valence-electron chi connectivity index (χ1n) is 7.19. The van der Waals surface area contributed by atoms with E-state index < -0.39 is 5.76 Å². The third-order valence-corrected chi connectivity index (χ3v) is 4.75. The maximum absolute atomic E-state index is 12.1. The molecule has 0 aliphatic rings. The number of amides is 1. The van der Waals surface area contributed by atoms with Crippen LogP contribution in [0.2, 0.25) is 0 Å². The number of nitrogens with one attached hydrogen (secondary N) is 1. The van der Waals surface area contributed by atoms with Gasteiger partial charge in [0.05, 0.1) is 5.52 Å². The summed E-state index contributed by atoms with van der Waals surface area (Å²) in [6.45, 7) is 2.30. The molecule has 0 aliphatic heterocycles. The largest absolute Gasteiger partial charge is 0.419 e. The Hall–Kier alpha value is -2.09. The van der Waals surface area contributed by atoms with E-state index in [2.05, 4.69) is 27.9 Å². The average molecular weight is 422 g/mol. The average Bonchev–Trinajstić information content (AvgIpc) is 2.84. The number of benzene rings is 2. The summed E-state index contributed by atoms with van der Waals surface area (Å²) in [6.07, 6.45) is 0.202. The Bertz CT molecular complexity index is 927. The molecular formula is C17H15IN2O3. The lowest BCUT2D eigenvalue weighted by Gasteiger charge is -2.07. The van der Waals surface area contributed by atoms with E-state index in [1.807, 2.05) is 31.2 Å². The van der Waals surface area contributed by atoms with E-state index in [1.54, 1.807) is 18.2 Å². The molecule has 0 saturated carbocycles. The van der Waals surface area contributed by atoms with Crippen LogP contribution in [0, 0.1) is 10.5 Å². The highest BCUT2D eigenvalue weighted by Gasteiger charge is 2.10. The highest BCUT2D eigenvalue weighted by atomic mass is 127. The van der Waals surface area contributed by atoms with Gasteiger partial charge in [-0.2, -0.15) is 0 Å². The van der Waals surface area contributed by atoms with Crippen molar-refractivity contribution in [2.75, 3.05) is 5.32 Å².